The third kappa shape index (κ3) is 1.91. The van der Waals surface area contributed by atoms with Gasteiger partial charge >= 0.3 is 0 Å². The van der Waals surface area contributed by atoms with Crippen molar-refractivity contribution in [2.24, 2.45) is 0 Å². The number of nitrogens with zero attached hydrogens (tertiary/aromatic N) is 2. The largest absolute Gasteiger partial charge is 0.397 e. The second-order valence-corrected chi connectivity index (χ2v) is 4.53. The van der Waals surface area contributed by atoms with Crippen LogP contribution in [0.2, 0.25) is 0 Å². The highest BCUT2D eigenvalue weighted by molar-refractivity contribution is 6.03. The zero-order valence-electron chi connectivity index (χ0n) is 10.1. The molecule has 3 N–H and O–H groups in total. The second kappa shape index (κ2) is 4.31. The Morgan fingerprint density at radius 1 is 1.32 bits per heavy atom. The number of imide groups is 1. The van der Waals surface area contributed by atoms with E-state index in [2.05, 4.69) is 15.3 Å². The molecule has 6 nitrogen and oxygen atoms in total. The standard InChI is InChI=1S/C13H12N4O2/c14-10-3-1-7(9-5-15-6-16-12(9)10)8-2-4-11(18)17-13(8)19/h1,3,5-6,8H,2,4,14H2,(H,17,18,19). The number of amides is 2. The Labute approximate surface area is 109 Å². The van der Waals surface area contributed by atoms with Crippen LogP contribution in [0.5, 0.6) is 0 Å². The molecule has 1 aromatic carbocycles. The molecule has 0 bridgehead atoms. The van der Waals surface area contributed by atoms with Crippen molar-refractivity contribution in [2.75, 3.05) is 5.73 Å². The number of carbonyl (C=O) groups excluding carboxylic acids is 2. The molecule has 2 aromatic rings. The monoisotopic (exact) mass is 256 g/mol. The number of aromatic nitrogens is 2. The highest BCUT2D eigenvalue weighted by Gasteiger charge is 2.29. The fourth-order valence-corrected chi connectivity index (χ4v) is 2.41. The van der Waals surface area contributed by atoms with Gasteiger partial charge in [0.1, 0.15) is 6.33 Å². The van der Waals surface area contributed by atoms with E-state index in [1.165, 1.54) is 6.33 Å². The molecule has 1 saturated heterocycles. The first-order valence-corrected chi connectivity index (χ1v) is 5.98. The molecule has 19 heavy (non-hydrogen) atoms. The highest BCUT2D eigenvalue weighted by Crippen LogP contribution is 2.31. The Morgan fingerprint density at radius 3 is 2.95 bits per heavy atom. The average molecular weight is 256 g/mol. The summed E-state index contributed by atoms with van der Waals surface area (Å²) in [6.07, 6.45) is 3.92. The lowest BCUT2D eigenvalue weighted by Crippen LogP contribution is -2.39. The molecule has 3 rings (SSSR count). The molecule has 1 aliphatic rings. The zero-order chi connectivity index (χ0) is 13.4. The summed E-state index contributed by atoms with van der Waals surface area (Å²) in [5, 5.41) is 3.12. The summed E-state index contributed by atoms with van der Waals surface area (Å²) < 4.78 is 0. The van der Waals surface area contributed by atoms with E-state index in [1.807, 2.05) is 0 Å². The quantitative estimate of drug-likeness (QED) is 0.579. The van der Waals surface area contributed by atoms with Gasteiger partial charge in [0.15, 0.2) is 0 Å². The Hall–Kier alpha value is -2.50. The first-order valence-electron chi connectivity index (χ1n) is 5.98. The van der Waals surface area contributed by atoms with E-state index in [9.17, 15) is 9.59 Å². The Balaban J connectivity index is 2.13. The average Bonchev–Trinajstić information content (AvgIpc) is 2.41. The molecule has 0 saturated carbocycles. The fraction of sp³-hybridized carbons (Fsp3) is 0.231. The van der Waals surface area contributed by atoms with Gasteiger partial charge in [-0.15, -0.1) is 0 Å². The van der Waals surface area contributed by atoms with Gasteiger partial charge in [-0.3, -0.25) is 14.9 Å². The molecule has 1 aliphatic heterocycles. The van der Waals surface area contributed by atoms with Gasteiger partial charge in [-0.25, -0.2) is 9.97 Å². The number of hydrogen-bond acceptors (Lipinski definition) is 5. The van der Waals surface area contributed by atoms with Crippen molar-refractivity contribution in [3.8, 4) is 0 Å². The van der Waals surface area contributed by atoms with Crippen molar-refractivity contribution in [3.05, 3.63) is 30.2 Å². The van der Waals surface area contributed by atoms with E-state index < -0.39 is 0 Å². The van der Waals surface area contributed by atoms with E-state index in [-0.39, 0.29) is 17.7 Å². The summed E-state index contributed by atoms with van der Waals surface area (Å²) in [5.41, 5.74) is 7.87. The summed E-state index contributed by atoms with van der Waals surface area (Å²) in [4.78, 5) is 31.2. The van der Waals surface area contributed by atoms with Gasteiger partial charge in [0, 0.05) is 18.0 Å². The van der Waals surface area contributed by atoms with E-state index in [0.717, 1.165) is 10.9 Å². The van der Waals surface area contributed by atoms with Gasteiger partial charge in [0.05, 0.1) is 17.1 Å². The number of nitrogen functional groups attached to an aromatic ring is 1. The summed E-state index contributed by atoms with van der Waals surface area (Å²) in [6, 6.07) is 3.54. The van der Waals surface area contributed by atoms with Crippen molar-refractivity contribution in [3.63, 3.8) is 0 Å². The Morgan fingerprint density at radius 2 is 2.16 bits per heavy atom. The molecule has 96 valence electrons. The van der Waals surface area contributed by atoms with E-state index in [0.29, 0.717) is 24.0 Å². The van der Waals surface area contributed by atoms with E-state index in [4.69, 9.17) is 5.73 Å². The Kier molecular flexibility index (Phi) is 2.63. The van der Waals surface area contributed by atoms with Crippen LogP contribution in [0.4, 0.5) is 5.69 Å². The number of nitrogens with two attached hydrogens (primary N) is 1. The van der Waals surface area contributed by atoms with Crippen LogP contribution < -0.4 is 11.1 Å². The minimum Gasteiger partial charge on any atom is -0.397 e. The van der Waals surface area contributed by atoms with E-state index in [1.54, 1.807) is 18.3 Å². The summed E-state index contributed by atoms with van der Waals surface area (Å²) >= 11 is 0. The first-order chi connectivity index (χ1) is 9.16. The Bertz CT molecular complexity index is 683. The molecule has 2 amide bonds. The number of anilines is 1. The molecule has 1 atom stereocenters. The lowest BCUT2D eigenvalue weighted by molar-refractivity contribution is -0.134. The number of benzene rings is 1. The van der Waals surface area contributed by atoms with Crippen molar-refractivity contribution in [1.82, 2.24) is 15.3 Å². The van der Waals surface area contributed by atoms with Gasteiger partial charge in [0.2, 0.25) is 11.8 Å². The summed E-state index contributed by atoms with van der Waals surface area (Å²) in [7, 11) is 0. The van der Waals surface area contributed by atoms with Gasteiger partial charge in [-0.2, -0.15) is 0 Å². The van der Waals surface area contributed by atoms with Crippen molar-refractivity contribution in [2.45, 2.75) is 18.8 Å². The SMILES string of the molecule is Nc1ccc(C2CCC(=O)NC2=O)c2cncnc12. The smallest absolute Gasteiger partial charge is 0.234 e. The number of fused-ring (bicyclic) bond motifs is 1. The summed E-state index contributed by atoms with van der Waals surface area (Å²) in [6.45, 7) is 0. The van der Waals surface area contributed by atoms with Gasteiger partial charge in [-0.1, -0.05) is 6.07 Å². The molecule has 0 aliphatic carbocycles. The minimum atomic E-state index is -0.355. The molecule has 1 aromatic heterocycles. The van der Waals surface area contributed by atoms with E-state index >= 15 is 0 Å². The van der Waals surface area contributed by atoms with Gasteiger partial charge in [0.25, 0.3) is 0 Å². The van der Waals surface area contributed by atoms with Crippen LogP contribution in [0.15, 0.2) is 24.7 Å². The third-order valence-corrected chi connectivity index (χ3v) is 3.35. The van der Waals surface area contributed by atoms with Crippen LogP contribution in [-0.4, -0.2) is 21.8 Å². The molecule has 0 spiro atoms. The van der Waals surface area contributed by atoms with Gasteiger partial charge in [-0.05, 0) is 18.1 Å². The van der Waals surface area contributed by atoms with Crippen LogP contribution >= 0.6 is 0 Å². The molecule has 0 radical (unpaired) electrons. The van der Waals surface area contributed by atoms with Crippen molar-refractivity contribution >= 4 is 28.4 Å². The van der Waals surface area contributed by atoms with Crippen LogP contribution in [0.25, 0.3) is 10.9 Å². The maximum Gasteiger partial charge on any atom is 0.234 e. The molecule has 2 heterocycles. The molecular weight excluding hydrogens is 244 g/mol. The summed E-state index contributed by atoms with van der Waals surface area (Å²) in [5.74, 6) is -0.852. The van der Waals surface area contributed by atoms with Crippen LogP contribution in [0, 0.1) is 0 Å². The minimum absolute atomic E-state index is 0.225. The maximum atomic E-state index is 11.9. The number of hydrogen-bond donors (Lipinski definition) is 2. The zero-order valence-corrected chi connectivity index (χ0v) is 10.1. The lowest BCUT2D eigenvalue weighted by atomic mass is 9.88. The number of piperidine rings is 1. The predicted molar refractivity (Wildman–Crippen MR) is 69.1 cm³/mol. The third-order valence-electron chi connectivity index (χ3n) is 3.35. The topological polar surface area (TPSA) is 98.0 Å². The highest BCUT2D eigenvalue weighted by atomic mass is 16.2. The van der Waals surface area contributed by atoms with Crippen molar-refractivity contribution in [1.29, 1.82) is 0 Å². The van der Waals surface area contributed by atoms with Crippen LogP contribution in [0.3, 0.4) is 0 Å². The van der Waals surface area contributed by atoms with Gasteiger partial charge < -0.3 is 5.73 Å². The molecule has 1 fully saturated rings. The number of carbonyl (C=O) groups is 2. The number of nitrogens with one attached hydrogen (secondary N) is 1. The fourth-order valence-electron chi connectivity index (χ4n) is 2.41. The second-order valence-electron chi connectivity index (χ2n) is 4.53. The first kappa shape index (κ1) is 11.6. The van der Waals surface area contributed by atoms with Crippen LogP contribution in [0.1, 0.15) is 24.3 Å². The molecule has 6 heteroatoms. The molecular formula is C13H12N4O2. The molecule has 1 unspecified atom stereocenters. The lowest BCUT2D eigenvalue weighted by Gasteiger charge is -2.22. The van der Waals surface area contributed by atoms with Crippen LogP contribution in [-0.2, 0) is 9.59 Å². The number of rotatable bonds is 1. The maximum absolute atomic E-state index is 11.9. The normalized spacial score (nSPS) is 19.5. The predicted octanol–water partition coefficient (Wildman–Crippen LogP) is 0.732. The van der Waals surface area contributed by atoms with Crippen molar-refractivity contribution < 1.29 is 9.59 Å².